The van der Waals surface area contributed by atoms with Crippen LogP contribution < -0.4 is 5.32 Å². The van der Waals surface area contributed by atoms with Crippen LogP contribution in [0.2, 0.25) is 0 Å². The predicted octanol–water partition coefficient (Wildman–Crippen LogP) is 3.61. The highest BCUT2D eigenvalue weighted by Gasteiger charge is 2.20. The molecule has 0 amide bonds. The Morgan fingerprint density at radius 1 is 1.30 bits per heavy atom. The van der Waals surface area contributed by atoms with Crippen LogP contribution in [0.1, 0.15) is 24.2 Å². The molecule has 1 fully saturated rings. The maximum atomic E-state index is 13.2. The Labute approximate surface area is 125 Å². The molecule has 1 aliphatic carbocycles. The quantitative estimate of drug-likeness (QED) is 0.927. The van der Waals surface area contributed by atoms with E-state index in [1.54, 1.807) is 6.07 Å². The average molecular weight is 336 g/mol. The fourth-order valence-electron chi connectivity index (χ4n) is 2.05. The van der Waals surface area contributed by atoms with Crippen molar-refractivity contribution >= 4 is 15.9 Å². The average Bonchev–Trinajstić information content (AvgIpc) is 3.19. The van der Waals surface area contributed by atoms with Crippen molar-refractivity contribution in [2.75, 3.05) is 0 Å². The van der Waals surface area contributed by atoms with E-state index in [9.17, 15) is 4.39 Å². The summed E-state index contributed by atoms with van der Waals surface area (Å²) in [6.45, 7) is 2.70. The lowest BCUT2D eigenvalue weighted by atomic mass is 10.2. The lowest BCUT2D eigenvalue weighted by Gasteiger charge is -2.08. The van der Waals surface area contributed by atoms with E-state index in [1.165, 1.54) is 25.0 Å². The van der Waals surface area contributed by atoms with Gasteiger partial charge in [-0.15, -0.1) is 0 Å². The molecule has 1 aliphatic rings. The van der Waals surface area contributed by atoms with Gasteiger partial charge >= 0.3 is 0 Å². The molecule has 0 saturated heterocycles. The lowest BCUT2D eigenvalue weighted by Crippen LogP contribution is -2.16. The molecule has 0 radical (unpaired) electrons. The molecule has 2 aromatic rings. The number of nitrogens with one attached hydrogen (secondary N) is 1. The van der Waals surface area contributed by atoms with Gasteiger partial charge < -0.3 is 5.32 Å². The zero-order chi connectivity index (χ0) is 14.1. The Morgan fingerprint density at radius 3 is 2.80 bits per heavy atom. The summed E-state index contributed by atoms with van der Waals surface area (Å²) < 4.78 is 13.8. The van der Waals surface area contributed by atoms with Crippen molar-refractivity contribution in [1.82, 2.24) is 15.3 Å². The summed E-state index contributed by atoms with van der Waals surface area (Å²) in [5, 5.41) is 3.44. The number of halogens is 2. The van der Waals surface area contributed by atoms with Crippen LogP contribution in [-0.2, 0) is 6.54 Å². The molecule has 3 rings (SSSR count). The SMILES string of the molecule is Cc1cc(CNC2CC2)nc(-c2ccc(F)cc2Br)n1. The van der Waals surface area contributed by atoms with Crippen LogP contribution in [0.3, 0.4) is 0 Å². The number of aromatic nitrogens is 2. The number of nitrogens with zero attached hydrogens (tertiary/aromatic N) is 2. The summed E-state index contributed by atoms with van der Waals surface area (Å²) in [7, 11) is 0. The third kappa shape index (κ3) is 3.22. The Bertz CT molecular complexity index is 641. The summed E-state index contributed by atoms with van der Waals surface area (Å²) in [4.78, 5) is 9.01. The van der Waals surface area contributed by atoms with E-state index >= 15 is 0 Å². The van der Waals surface area contributed by atoms with Gasteiger partial charge in [0.25, 0.3) is 0 Å². The minimum atomic E-state index is -0.274. The summed E-state index contributed by atoms with van der Waals surface area (Å²) in [6.07, 6.45) is 2.50. The maximum absolute atomic E-state index is 13.2. The second-order valence-corrected chi connectivity index (χ2v) is 5.96. The highest BCUT2D eigenvalue weighted by Crippen LogP contribution is 2.27. The van der Waals surface area contributed by atoms with Crippen molar-refractivity contribution in [3.63, 3.8) is 0 Å². The Kier molecular flexibility index (Phi) is 3.81. The van der Waals surface area contributed by atoms with E-state index in [0.29, 0.717) is 16.3 Å². The minimum absolute atomic E-state index is 0.274. The molecule has 1 aromatic carbocycles. The van der Waals surface area contributed by atoms with E-state index in [0.717, 1.165) is 23.5 Å². The van der Waals surface area contributed by atoms with Gasteiger partial charge in [0.15, 0.2) is 5.82 Å². The van der Waals surface area contributed by atoms with Crippen LogP contribution in [0.25, 0.3) is 11.4 Å². The molecule has 1 heterocycles. The van der Waals surface area contributed by atoms with E-state index in [2.05, 4.69) is 31.2 Å². The molecule has 20 heavy (non-hydrogen) atoms. The minimum Gasteiger partial charge on any atom is -0.308 e. The van der Waals surface area contributed by atoms with Crippen molar-refractivity contribution in [3.8, 4) is 11.4 Å². The second kappa shape index (κ2) is 5.58. The summed E-state index contributed by atoms with van der Waals surface area (Å²) in [5.74, 6) is 0.355. The van der Waals surface area contributed by atoms with Gasteiger partial charge in [0, 0.05) is 28.3 Å². The fraction of sp³-hybridized carbons (Fsp3) is 0.333. The van der Waals surface area contributed by atoms with Crippen molar-refractivity contribution in [2.45, 2.75) is 32.4 Å². The molecular weight excluding hydrogens is 321 g/mol. The van der Waals surface area contributed by atoms with Gasteiger partial charge in [0.05, 0.1) is 5.69 Å². The van der Waals surface area contributed by atoms with Gasteiger partial charge in [-0.3, -0.25) is 0 Å². The fourth-order valence-corrected chi connectivity index (χ4v) is 2.58. The number of hydrogen-bond donors (Lipinski definition) is 1. The standard InChI is InChI=1S/C15H15BrFN3/c1-9-6-12(8-18-11-3-4-11)20-15(19-9)13-5-2-10(17)7-14(13)16/h2,5-7,11,18H,3-4,8H2,1H3. The molecule has 104 valence electrons. The topological polar surface area (TPSA) is 37.8 Å². The van der Waals surface area contributed by atoms with Crippen LogP contribution in [0.5, 0.6) is 0 Å². The first kappa shape index (κ1) is 13.6. The smallest absolute Gasteiger partial charge is 0.160 e. The van der Waals surface area contributed by atoms with Gasteiger partial charge in [-0.2, -0.15) is 0 Å². The van der Waals surface area contributed by atoms with Gasteiger partial charge in [-0.25, -0.2) is 14.4 Å². The molecule has 1 aromatic heterocycles. The lowest BCUT2D eigenvalue weighted by molar-refractivity contribution is 0.627. The monoisotopic (exact) mass is 335 g/mol. The highest BCUT2D eigenvalue weighted by atomic mass is 79.9. The van der Waals surface area contributed by atoms with Crippen LogP contribution in [-0.4, -0.2) is 16.0 Å². The molecule has 0 aliphatic heterocycles. The molecule has 3 nitrogen and oxygen atoms in total. The van der Waals surface area contributed by atoms with Gasteiger partial charge in [0.1, 0.15) is 5.82 Å². The van der Waals surface area contributed by atoms with Crippen molar-refractivity contribution in [1.29, 1.82) is 0 Å². The maximum Gasteiger partial charge on any atom is 0.160 e. The van der Waals surface area contributed by atoms with E-state index in [-0.39, 0.29) is 5.82 Å². The summed E-state index contributed by atoms with van der Waals surface area (Å²) >= 11 is 3.37. The first-order chi connectivity index (χ1) is 9.61. The number of hydrogen-bond acceptors (Lipinski definition) is 3. The van der Waals surface area contributed by atoms with Crippen LogP contribution in [0, 0.1) is 12.7 Å². The largest absolute Gasteiger partial charge is 0.308 e. The Morgan fingerprint density at radius 2 is 2.10 bits per heavy atom. The molecular formula is C15H15BrFN3. The molecule has 0 bridgehead atoms. The first-order valence-corrected chi connectivity index (χ1v) is 7.44. The second-order valence-electron chi connectivity index (χ2n) is 5.10. The molecule has 0 spiro atoms. The Hall–Kier alpha value is -1.33. The van der Waals surface area contributed by atoms with Crippen molar-refractivity contribution in [2.24, 2.45) is 0 Å². The third-order valence-corrected chi connectivity index (χ3v) is 3.88. The number of rotatable bonds is 4. The van der Waals surface area contributed by atoms with Crippen molar-refractivity contribution < 1.29 is 4.39 Å². The van der Waals surface area contributed by atoms with E-state index in [4.69, 9.17) is 0 Å². The summed E-state index contributed by atoms with van der Waals surface area (Å²) in [5.41, 5.74) is 2.69. The van der Waals surface area contributed by atoms with Gasteiger partial charge in [-0.05, 0) is 60.0 Å². The molecule has 1 saturated carbocycles. The highest BCUT2D eigenvalue weighted by molar-refractivity contribution is 9.10. The number of benzene rings is 1. The normalized spacial score (nSPS) is 14.6. The number of aryl methyl sites for hydroxylation is 1. The van der Waals surface area contributed by atoms with E-state index in [1.807, 2.05) is 13.0 Å². The third-order valence-electron chi connectivity index (χ3n) is 3.23. The Balaban J connectivity index is 1.91. The predicted molar refractivity (Wildman–Crippen MR) is 79.7 cm³/mol. The van der Waals surface area contributed by atoms with E-state index < -0.39 is 0 Å². The van der Waals surface area contributed by atoms with Crippen molar-refractivity contribution in [3.05, 3.63) is 45.9 Å². The van der Waals surface area contributed by atoms with Crippen LogP contribution >= 0.6 is 15.9 Å². The van der Waals surface area contributed by atoms with Crippen LogP contribution in [0.15, 0.2) is 28.7 Å². The zero-order valence-corrected chi connectivity index (χ0v) is 12.7. The summed E-state index contributed by atoms with van der Waals surface area (Å²) in [6, 6.07) is 7.19. The molecule has 1 N–H and O–H groups in total. The first-order valence-electron chi connectivity index (χ1n) is 6.65. The van der Waals surface area contributed by atoms with Gasteiger partial charge in [-0.1, -0.05) is 0 Å². The van der Waals surface area contributed by atoms with Gasteiger partial charge in [0.2, 0.25) is 0 Å². The zero-order valence-electron chi connectivity index (χ0n) is 11.2. The molecule has 0 atom stereocenters. The molecule has 0 unspecified atom stereocenters. The molecule has 5 heteroatoms. The van der Waals surface area contributed by atoms with Crippen LogP contribution in [0.4, 0.5) is 4.39 Å².